The summed E-state index contributed by atoms with van der Waals surface area (Å²) in [5.41, 5.74) is 3.52. The number of Topliss-reactive ketones (excluding diaryl/α,β-unsaturated/α-hetero) is 1. The quantitative estimate of drug-likeness (QED) is 0.570. The molecule has 2 aromatic carbocycles. The van der Waals surface area contributed by atoms with Crippen LogP contribution >= 0.6 is 0 Å². The number of pyridine rings is 1. The molecule has 1 aliphatic rings. The van der Waals surface area contributed by atoms with E-state index in [1.165, 1.54) is 22.9 Å². The third-order valence-electron chi connectivity index (χ3n) is 5.35. The van der Waals surface area contributed by atoms with Crippen molar-refractivity contribution >= 4 is 29.0 Å². The number of carboxylic acids is 1. The Hall–Kier alpha value is -4.20. The molecule has 1 unspecified atom stereocenters. The molecule has 162 valence electrons. The number of benzene rings is 2. The molecule has 3 aromatic rings. The van der Waals surface area contributed by atoms with Crippen LogP contribution in [0.2, 0.25) is 0 Å². The fourth-order valence-electron chi connectivity index (χ4n) is 3.80. The van der Waals surface area contributed by atoms with Gasteiger partial charge in [-0.25, -0.2) is 9.47 Å². The Morgan fingerprint density at radius 1 is 0.969 bits per heavy atom. The van der Waals surface area contributed by atoms with E-state index in [2.05, 4.69) is 10.7 Å². The van der Waals surface area contributed by atoms with Crippen LogP contribution in [0, 0.1) is 5.92 Å². The fourth-order valence-corrected chi connectivity index (χ4v) is 3.80. The van der Waals surface area contributed by atoms with E-state index in [1.54, 1.807) is 42.5 Å². The summed E-state index contributed by atoms with van der Waals surface area (Å²) >= 11 is 0. The number of hydrogen-bond donors (Lipinski definition) is 3. The molecular formula is C24H21N3O5. The summed E-state index contributed by atoms with van der Waals surface area (Å²) in [7, 11) is 0. The number of para-hydroxylation sites is 1. The minimum atomic E-state index is -1.16. The van der Waals surface area contributed by atoms with Gasteiger partial charge in [-0.05, 0) is 42.7 Å². The fraction of sp³-hybridized carbons (Fsp3) is 0.167. The lowest BCUT2D eigenvalue weighted by Crippen LogP contribution is -2.37. The van der Waals surface area contributed by atoms with Crippen LogP contribution in [0.3, 0.4) is 0 Å². The molecular weight excluding hydrogens is 410 g/mol. The molecule has 1 aliphatic carbocycles. The number of anilines is 2. The zero-order valence-electron chi connectivity index (χ0n) is 17.3. The first kappa shape index (κ1) is 21.0. The predicted octanol–water partition coefficient (Wildman–Crippen LogP) is 3.44. The normalized spacial score (nSPS) is 15.0. The van der Waals surface area contributed by atoms with Crippen LogP contribution in [0.15, 0.2) is 65.5 Å². The molecule has 3 N–H and O–H groups in total. The van der Waals surface area contributed by atoms with Gasteiger partial charge in [0.2, 0.25) is 0 Å². The van der Waals surface area contributed by atoms with Crippen molar-refractivity contribution in [2.24, 2.45) is 5.92 Å². The first-order valence-corrected chi connectivity index (χ1v) is 10.1. The van der Waals surface area contributed by atoms with Crippen molar-refractivity contribution in [1.82, 2.24) is 4.68 Å². The zero-order chi connectivity index (χ0) is 22.8. The van der Waals surface area contributed by atoms with Crippen molar-refractivity contribution < 1.29 is 19.5 Å². The Morgan fingerprint density at radius 3 is 2.38 bits per heavy atom. The van der Waals surface area contributed by atoms with E-state index >= 15 is 0 Å². The maximum absolute atomic E-state index is 13.3. The van der Waals surface area contributed by atoms with Crippen LogP contribution in [0.4, 0.5) is 11.4 Å². The monoisotopic (exact) mass is 431 g/mol. The van der Waals surface area contributed by atoms with Gasteiger partial charge in [-0.15, -0.1) is 0 Å². The highest BCUT2D eigenvalue weighted by molar-refractivity contribution is 6.05. The lowest BCUT2D eigenvalue weighted by atomic mass is 9.87. The number of nitrogens with one attached hydrogen (secondary N) is 2. The highest BCUT2D eigenvalue weighted by Crippen LogP contribution is 2.27. The van der Waals surface area contributed by atoms with Gasteiger partial charge in [-0.3, -0.25) is 19.8 Å². The average molecular weight is 431 g/mol. The Bertz CT molecular complexity index is 1280. The number of ketones is 1. The first-order chi connectivity index (χ1) is 15.3. The minimum absolute atomic E-state index is 0.0157. The van der Waals surface area contributed by atoms with Crippen molar-refractivity contribution in [2.45, 2.75) is 19.8 Å². The maximum atomic E-state index is 13.3. The Labute approximate surface area is 183 Å². The highest BCUT2D eigenvalue weighted by atomic mass is 16.4. The summed E-state index contributed by atoms with van der Waals surface area (Å²) in [5, 5.41) is 12.1. The largest absolute Gasteiger partial charge is 0.478 e. The number of rotatable bonds is 5. The summed E-state index contributed by atoms with van der Waals surface area (Å²) in [4.78, 5) is 50.3. The SMILES string of the molecule is CC1CC(=O)c2cc(NC(=O)c3ccccc3)c(=O)n(Nc3ccccc3C(=O)O)c2C1. The number of carbonyl (C=O) groups excluding carboxylic acids is 2. The van der Waals surface area contributed by atoms with E-state index in [0.717, 1.165) is 0 Å². The number of nitrogens with zero attached hydrogens (tertiary/aromatic N) is 1. The third-order valence-corrected chi connectivity index (χ3v) is 5.35. The van der Waals surface area contributed by atoms with Gasteiger partial charge in [0.15, 0.2) is 5.78 Å². The molecule has 1 atom stereocenters. The van der Waals surface area contributed by atoms with E-state index in [-0.39, 0.29) is 28.6 Å². The summed E-state index contributed by atoms with van der Waals surface area (Å²) < 4.78 is 1.17. The number of carbonyl (C=O) groups is 3. The van der Waals surface area contributed by atoms with Crippen LogP contribution in [0.25, 0.3) is 0 Å². The summed E-state index contributed by atoms with van der Waals surface area (Å²) in [6.07, 6.45) is 0.772. The van der Waals surface area contributed by atoms with Gasteiger partial charge >= 0.3 is 5.97 Å². The van der Waals surface area contributed by atoms with Crippen LogP contribution in [-0.4, -0.2) is 27.4 Å². The number of amides is 1. The zero-order valence-corrected chi connectivity index (χ0v) is 17.3. The second-order valence-corrected chi connectivity index (χ2v) is 7.78. The van der Waals surface area contributed by atoms with Gasteiger partial charge in [-0.2, -0.15) is 0 Å². The number of fused-ring (bicyclic) bond motifs is 1. The van der Waals surface area contributed by atoms with Crippen LogP contribution in [0.5, 0.6) is 0 Å². The molecule has 1 aromatic heterocycles. The number of aromatic carboxylic acids is 1. The third kappa shape index (κ3) is 4.02. The Balaban J connectivity index is 1.83. The minimum Gasteiger partial charge on any atom is -0.478 e. The second kappa shape index (κ2) is 8.50. The topological polar surface area (TPSA) is 118 Å². The maximum Gasteiger partial charge on any atom is 0.337 e. The van der Waals surface area contributed by atoms with Gasteiger partial charge in [0.25, 0.3) is 11.5 Å². The highest BCUT2D eigenvalue weighted by Gasteiger charge is 2.28. The standard InChI is InChI=1S/C24H21N3O5/c1-14-11-20-17(21(28)12-14)13-19(25-22(29)15-7-3-2-4-8-15)23(30)27(20)26-18-10-6-5-9-16(18)24(31)32/h2-10,13-14,26H,11-12H2,1H3,(H,25,29)(H,31,32). The molecule has 1 heterocycles. The van der Waals surface area contributed by atoms with Gasteiger partial charge < -0.3 is 10.4 Å². The Morgan fingerprint density at radius 2 is 1.66 bits per heavy atom. The van der Waals surface area contributed by atoms with Gasteiger partial charge in [-0.1, -0.05) is 37.3 Å². The van der Waals surface area contributed by atoms with Crippen molar-refractivity contribution in [3.63, 3.8) is 0 Å². The molecule has 0 aliphatic heterocycles. The van der Waals surface area contributed by atoms with Gasteiger partial charge in [0.1, 0.15) is 5.69 Å². The molecule has 32 heavy (non-hydrogen) atoms. The number of carboxylic acid groups (broad SMARTS) is 1. The van der Waals surface area contributed by atoms with Crippen LogP contribution < -0.4 is 16.3 Å². The number of hydrogen-bond acceptors (Lipinski definition) is 5. The van der Waals surface area contributed by atoms with Crippen molar-refractivity contribution in [1.29, 1.82) is 0 Å². The van der Waals surface area contributed by atoms with Crippen LogP contribution in [0.1, 0.15) is 50.1 Å². The Kier molecular flexibility index (Phi) is 5.59. The molecule has 8 nitrogen and oxygen atoms in total. The molecule has 0 saturated heterocycles. The van der Waals surface area contributed by atoms with Crippen molar-refractivity contribution in [2.75, 3.05) is 10.7 Å². The smallest absolute Gasteiger partial charge is 0.337 e. The summed E-state index contributed by atoms with van der Waals surface area (Å²) in [5.74, 6) is -1.78. The second-order valence-electron chi connectivity index (χ2n) is 7.78. The summed E-state index contributed by atoms with van der Waals surface area (Å²) in [6, 6.07) is 16.0. The lowest BCUT2D eigenvalue weighted by Gasteiger charge is -2.26. The molecule has 0 fully saturated rings. The molecule has 0 radical (unpaired) electrons. The molecule has 0 saturated carbocycles. The molecule has 1 amide bonds. The van der Waals surface area contributed by atoms with E-state index < -0.39 is 17.4 Å². The number of aromatic nitrogens is 1. The van der Waals surface area contributed by atoms with E-state index in [9.17, 15) is 24.3 Å². The van der Waals surface area contributed by atoms with Gasteiger partial charge in [0.05, 0.1) is 16.9 Å². The molecule has 8 heteroatoms. The molecule has 0 spiro atoms. The van der Waals surface area contributed by atoms with Crippen LogP contribution in [-0.2, 0) is 6.42 Å². The average Bonchev–Trinajstić information content (AvgIpc) is 2.78. The van der Waals surface area contributed by atoms with Crippen molar-refractivity contribution in [3.05, 3.63) is 93.4 Å². The van der Waals surface area contributed by atoms with Crippen molar-refractivity contribution in [3.8, 4) is 0 Å². The molecule has 0 bridgehead atoms. The van der Waals surface area contributed by atoms with E-state index in [1.807, 2.05) is 6.92 Å². The van der Waals surface area contributed by atoms with E-state index in [0.29, 0.717) is 29.7 Å². The van der Waals surface area contributed by atoms with E-state index in [4.69, 9.17) is 0 Å². The van der Waals surface area contributed by atoms with Gasteiger partial charge in [0, 0.05) is 17.5 Å². The predicted molar refractivity (Wildman–Crippen MR) is 119 cm³/mol. The lowest BCUT2D eigenvalue weighted by molar-refractivity contribution is 0.0697. The molecule has 4 rings (SSSR count). The first-order valence-electron chi connectivity index (χ1n) is 10.1. The summed E-state index contributed by atoms with van der Waals surface area (Å²) in [6.45, 7) is 1.91.